The summed E-state index contributed by atoms with van der Waals surface area (Å²) in [7, 11) is 1.86. The quantitative estimate of drug-likeness (QED) is 0.558. The molecule has 0 radical (unpaired) electrons. The predicted molar refractivity (Wildman–Crippen MR) is 83.4 cm³/mol. The maximum Gasteiger partial charge on any atom is 0.176 e. The van der Waals surface area contributed by atoms with Crippen molar-refractivity contribution in [2.24, 2.45) is 7.05 Å². The van der Waals surface area contributed by atoms with Gasteiger partial charge in [-0.05, 0) is 22.4 Å². The third-order valence-corrected chi connectivity index (χ3v) is 4.07. The Labute approximate surface area is 133 Å². The Morgan fingerprint density at radius 1 is 1.23 bits per heavy atom. The van der Waals surface area contributed by atoms with Gasteiger partial charge in [0.2, 0.25) is 0 Å². The van der Waals surface area contributed by atoms with Crippen molar-refractivity contribution in [1.82, 2.24) is 39.1 Å². The van der Waals surface area contributed by atoms with E-state index in [9.17, 15) is 0 Å². The molecular formula is C13H13BrN8. The van der Waals surface area contributed by atoms with Gasteiger partial charge in [-0.1, -0.05) is 6.92 Å². The van der Waals surface area contributed by atoms with E-state index in [2.05, 4.69) is 43.1 Å². The van der Waals surface area contributed by atoms with Crippen molar-refractivity contribution in [1.29, 1.82) is 0 Å². The molecule has 0 amide bonds. The Hall–Kier alpha value is -2.29. The van der Waals surface area contributed by atoms with Crippen molar-refractivity contribution in [2.75, 3.05) is 0 Å². The zero-order valence-electron chi connectivity index (χ0n) is 12.0. The van der Waals surface area contributed by atoms with E-state index < -0.39 is 0 Å². The molecule has 9 heteroatoms. The van der Waals surface area contributed by atoms with Crippen LogP contribution in [0.15, 0.2) is 29.4 Å². The fourth-order valence-electron chi connectivity index (χ4n) is 2.57. The summed E-state index contributed by atoms with van der Waals surface area (Å²) in [6.45, 7) is 2.09. The monoisotopic (exact) mass is 360 g/mol. The second-order valence-electron chi connectivity index (χ2n) is 5.05. The molecule has 4 heterocycles. The molecular weight excluding hydrogens is 348 g/mol. The maximum atomic E-state index is 4.69. The van der Waals surface area contributed by atoms with Crippen LogP contribution < -0.4 is 0 Å². The largest absolute Gasteiger partial charge is 0.261 e. The third-order valence-electron chi connectivity index (χ3n) is 3.66. The van der Waals surface area contributed by atoms with Gasteiger partial charge in [0.05, 0.1) is 22.3 Å². The van der Waals surface area contributed by atoms with Crippen LogP contribution in [-0.4, -0.2) is 39.1 Å². The molecule has 0 saturated carbocycles. The molecule has 4 rings (SSSR count). The topological polar surface area (TPSA) is 78.7 Å². The van der Waals surface area contributed by atoms with Crippen LogP contribution in [-0.2, 0) is 7.05 Å². The summed E-state index contributed by atoms with van der Waals surface area (Å²) in [6.07, 6.45) is 7.97. The SMILES string of the molecule is CC[C@H](c1nc2c3cnn(C)c3ncn2n1)n1cc(Br)cn1. The molecule has 0 aliphatic heterocycles. The lowest BCUT2D eigenvalue weighted by Gasteiger charge is -2.10. The normalized spacial score (nSPS) is 13.2. The molecule has 8 nitrogen and oxygen atoms in total. The zero-order chi connectivity index (χ0) is 15.3. The molecule has 0 N–H and O–H groups in total. The summed E-state index contributed by atoms with van der Waals surface area (Å²) >= 11 is 3.42. The Balaban J connectivity index is 1.89. The van der Waals surface area contributed by atoms with Crippen molar-refractivity contribution in [2.45, 2.75) is 19.4 Å². The van der Waals surface area contributed by atoms with Gasteiger partial charge < -0.3 is 0 Å². The van der Waals surface area contributed by atoms with Gasteiger partial charge in [-0.3, -0.25) is 9.36 Å². The van der Waals surface area contributed by atoms with Gasteiger partial charge in [0.25, 0.3) is 0 Å². The van der Waals surface area contributed by atoms with E-state index in [-0.39, 0.29) is 6.04 Å². The highest BCUT2D eigenvalue weighted by Crippen LogP contribution is 2.23. The molecule has 0 aliphatic rings. The number of rotatable bonds is 3. The van der Waals surface area contributed by atoms with Crippen LogP contribution in [0.4, 0.5) is 0 Å². The highest BCUT2D eigenvalue weighted by atomic mass is 79.9. The van der Waals surface area contributed by atoms with Crippen LogP contribution >= 0.6 is 15.9 Å². The Morgan fingerprint density at radius 3 is 2.82 bits per heavy atom. The molecule has 1 atom stereocenters. The lowest BCUT2D eigenvalue weighted by molar-refractivity contribution is 0.484. The fourth-order valence-corrected chi connectivity index (χ4v) is 2.87. The van der Waals surface area contributed by atoms with E-state index in [4.69, 9.17) is 4.98 Å². The molecule has 0 fully saturated rings. The summed E-state index contributed by atoms with van der Waals surface area (Å²) in [5, 5.41) is 14.0. The summed E-state index contributed by atoms with van der Waals surface area (Å²) in [5.74, 6) is 0.719. The molecule has 0 saturated heterocycles. The second-order valence-corrected chi connectivity index (χ2v) is 5.97. The minimum absolute atomic E-state index is 0.0158. The van der Waals surface area contributed by atoms with Gasteiger partial charge in [0.15, 0.2) is 17.1 Å². The first-order valence-electron chi connectivity index (χ1n) is 6.90. The second kappa shape index (κ2) is 4.87. The third kappa shape index (κ3) is 1.92. The van der Waals surface area contributed by atoms with Gasteiger partial charge >= 0.3 is 0 Å². The minimum Gasteiger partial charge on any atom is -0.261 e. The van der Waals surface area contributed by atoms with Crippen molar-refractivity contribution in [3.8, 4) is 0 Å². The van der Waals surface area contributed by atoms with Crippen LogP contribution in [0.3, 0.4) is 0 Å². The van der Waals surface area contributed by atoms with Crippen LogP contribution in [0.1, 0.15) is 25.2 Å². The lowest BCUT2D eigenvalue weighted by atomic mass is 10.2. The van der Waals surface area contributed by atoms with Gasteiger partial charge in [-0.25, -0.2) is 14.5 Å². The highest BCUT2D eigenvalue weighted by Gasteiger charge is 2.20. The van der Waals surface area contributed by atoms with Gasteiger partial charge in [-0.2, -0.15) is 10.2 Å². The van der Waals surface area contributed by atoms with Gasteiger partial charge in [-0.15, -0.1) is 5.10 Å². The van der Waals surface area contributed by atoms with Crippen LogP contribution in [0, 0.1) is 0 Å². The number of fused-ring (bicyclic) bond motifs is 3. The predicted octanol–water partition coefficient (Wildman–Crippen LogP) is 1.97. The Kier molecular flexibility index (Phi) is 2.96. The summed E-state index contributed by atoms with van der Waals surface area (Å²) in [5.41, 5.74) is 1.55. The number of hydrogen-bond donors (Lipinski definition) is 0. The first kappa shape index (κ1) is 13.4. The summed E-state index contributed by atoms with van der Waals surface area (Å²) in [4.78, 5) is 9.07. The average Bonchev–Trinajstić information content (AvgIpc) is 3.19. The molecule has 4 aromatic rings. The van der Waals surface area contributed by atoms with E-state index in [0.29, 0.717) is 0 Å². The average molecular weight is 361 g/mol. The fraction of sp³-hybridized carbons (Fsp3) is 0.308. The van der Waals surface area contributed by atoms with E-state index in [1.165, 1.54) is 0 Å². The molecule has 0 bridgehead atoms. The van der Waals surface area contributed by atoms with Crippen LogP contribution in [0.2, 0.25) is 0 Å². The number of nitrogens with zero attached hydrogens (tertiary/aromatic N) is 8. The molecule has 112 valence electrons. The molecule has 0 spiro atoms. The van der Waals surface area contributed by atoms with E-state index in [0.717, 1.165) is 33.4 Å². The van der Waals surface area contributed by atoms with Crippen LogP contribution in [0.5, 0.6) is 0 Å². The van der Waals surface area contributed by atoms with Gasteiger partial charge in [0.1, 0.15) is 12.4 Å². The molecule has 22 heavy (non-hydrogen) atoms. The summed E-state index contributed by atoms with van der Waals surface area (Å²) in [6, 6.07) is -0.0158. The smallest absolute Gasteiger partial charge is 0.176 e. The molecule has 0 aromatic carbocycles. The van der Waals surface area contributed by atoms with E-state index in [1.54, 1.807) is 27.9 Å². The number of aromatic nitrogens is 8. The minimum atomic E-state index is -0.0158. The zero-order valence-corrected chi connectivity index (χ0v) is 13.6. The maximum absolute atomic E-state index is 4.69. The Morgan fingerprint density at radius 2 is 2.09 bits per heavy atom. The van der Waals surface area contributed by atoms with Crippen molar-refractivity contribution in [3.05, 3.63) is 35.2 Å². The van der Waals surface area contributed by atoms with E-state index in [1.807, 2.05) is 17.9 Å². The molecule has 4 aromatic heterocycles. The standard InChI is InChI=1S/C13H13BrN8/c1-3-10(21-6-8(14)4-17-21)11-18-13-9-5-16-20(2)12(9)15-7-22(13)19-11/h4-7,10H,3H2,1-2H3/t10-/m1/s1. The summed E-state index contributed by atoms with van der Waals surface area (Å²) < 4.78 is 6.23. The molecule has 0 aliphatic carbocycles. The van der Waals surface area contributed by atoms with Crippen molar-refractivity contribution < 1.29 is 0 Å². The Bertz CT molecular complexity index is 965. The number of aryl methyl sites for hydroxylation is 1. The van der Waals surface area contributed by atoms with Gasteiger partial charge in [0, 0.05) is 13.2 Å². The van der Waals surface area contributed by atoms with Crippen LogP contribution in [0.25, 0.3) is 16.7 Å². The van der Waals surface area contributed by atoms with E-state index >= 15 is 0 Å². The first-order chi connectivity index (χ1) is 10.7. The van der Waals surface area contributed by atoms with Crippen molar-refractivity contribution in [3.63, 3.8) is 0 Å². The number of halogens is 1. The lowest BCUT2D eigenvalue weighted by Crippen LogP contribution is -2.12. The number of hydrogen-bond acceptors (Lipinski definition) is 5. The highest BCUT2D eigenvalue weighted by molar-refractivity contribution is 9.10. The molecule has 0 unspecified atom stereocenters. The van der Waals surface area contributed by atoms with Crippen molar-refractivity contribution >= 4 is 32.6 Å². The first-order valence-corrected chi connectivity index (χ1v) is 7.69.